The van der Waals surface area contributed by atoms with Crippen molar-refractivity contribution < 1.29 is 34.5 Å². The van der Waals surface area contributed by atoms with Crippen molar-refractivity contribution in [2.45, 2.75) is 46.5 Å². The van der Waals surface area contributed by atoms with Crippen LogP contribution in [-0.4, -0.2) is 47.5 Å². The van der Waals surface area contributed by atoms with Gasteiger partial charge in [-0.15, -0.1) is 4.91 Å². The molecule has 0 saturated heterocycles. The summed E-state index contributed by atoms with van der Waals surface area (Å²) in [7, 11) is 1.50. The molecule has 0 heterocycles. The Hall–Kier alpha value is -3.79. The third kappa shape index (κ3) is 35.6. The van der Waals surface area contributed by atoms with Gasteiger partial charge in [-0.1, -0.05) is 74.5 Å². The SMILES string of the molecule is CC.CCOC=O.CN.O=C(O)CCc1ccccc1.O=C(O)CCc1ccccc1.O=NO. The van der Waals surface area contributed by atoms with Gasteiger partial charge < -0.3 is 25.9 Å². The molecule has 0 aromatic heterocycles. The van der Waals surface area contributed by atoms with Crippen molar-refractivity contribution in [3.05, 3.63) is 76.7 Å². The zero-order valence-electron chi connectivity index (χ0n) is 20.3. The highest BCUT2D eigenvalue weighted by molar-refractivity contribution is 5.67. The Kier molecular flexibility index (Phi) is 37.3. The number of hydrogen-bond acceptors (Lipinski definition) is 7. The zero-order valence-corrected chi connectivity index (χ0v) is 20.3. The molecule has 2 aromatic carbocycles. The van der Waals surface area contributed by atoms with Crippen molar-refractivity contribution in [1.29, 1.82) is 0 Å². The maximum absolute atomic E-state index is 10.2. The summed E-state index contributed by atoms with van der Waals surface area (Å²) in [6.45, 7) is 6.66. The summed E-state index contributed by atoms with van der Waals surface area (Å²) in [5.41, 5.74) is 6.66. The first-order chi connectivity index (χ1) is 16.4. The van der Waals surface area contributed by atoms with Crippen LogP contribution in [0.3, 0.4) is 0 Å². The molecule has 0 aliphatic rings. The first-order valence-corrected chi connectivity index (χ1v) is 10.5. The molecular weight excluding hydrogens is 444 g/mol. The van der Waals surface area contributed by atoms with Gasteiger partial charge in [-0.2, -0.15) is 0 Å². The molecule has 0 amide bonds. The van der Waals surface area contributed by atoms with Gasteiger partial charge in [0.25, 0.3) is 6.47 Å². The number of rotatable bonds is 8. The molecule has 0 spiro atoms. The van der Waals surface area contributed by atoms with Gasteiger partial charge in [-0.25, -0.2) is 0 Å². The average Bonchev–Trinajstić information content (AvgIpc) is 2.87. The second kappa shape index (κ2) is 33.8. The minimum absolute atomic E-state index is 0.212. The zero-order chi connectivity index (χ0) is 27.0. The highest BCUT2D eigenvalue weighted by atomic mass is 16.6. The minimum Gasteiger partial charge on any atom is -0.481 e. The summed E-state index contributed by atoms with van der Waals surface area (Å²) < 4.78 is 4.15. The van der Waals surface area contributed by atoms with E-state index in [-0.39, 0.29) is 12.8 Å². The van der Waals surface area contributed by atoms with Crippen LogP contribution in [0.15, 0.2) is 66.0 Å². The molecule has 34 heavy (non-hydrogen) atoms. The molecule has 2 aromatic rings. The predicted molar refractivity (Wildman–Crippen MR) is 132 cm³/mol. The molecule has 0 aliphatic heterocycles. The van der Waals surface area contributed by atoms with Gasteiger partial charge >= 0.3 is 11.9 Å². The Labute approximate surface area is 201 Å². The number of carboxylic acids is 2. The molecule has 0 atom stereocenters. The topological polar surface area (TPSA) is 177 Å². The molecular formula is C24H38N2O8. The molecule has 5 N–H and O–H groups in total. The summed E-state index contributed by atoms with van der Waals surface area (Å²) in [5.74, 6) is -1.48. The Morgan fingerprint density at radius 1 is 0.853 bits per heavy atom. The number of ether oxygens (including phenoxy) is 1. The lowest BCUT2D eigenvalue weighted by atomic mass is 10.1. The quantitative estimate of drug-likeness (QED) is 0.242. The van der Waals surface area contributed by atoms with E-state index in [9.17, 15) is 14.4 Å². The van der Waals surface area contributed by atoms with Crippen LogP contribution >= 0.6 is 0 Å². The first-order valence-electron chi connectivity index (χ1n) is 10.5. The van der Waals surface area contributed by atoms with Crippen molar-refractivity contribution in [2.24, 2.45) is 11.1 Å². The maximum Gasteiger partial charge on any atom is 0.303 e. The molecule has 0 saturated carbocycles. The fraction of sp³-hybridized carbons (Fsp3) is 0.375. The van der Waals surface area contributed by atoms with Crippen molar-refractivity contribution >= 4 is 18.4 Å². The molecule has 0 aliphatic carbocycles. The predicted octanol–water partition coefficient (Wildman–Crippen LogP) is 4.33. The monoisotopic (exact) mass is 482 g/mol. The third-order valence-corrected chi connectivity index (χ3v) is 3.18. The van der Waals surface area contributed by atoms with E-state index in [0.717, 1.165) is 11.1 Å². The molecule has 2 rings (SSSR count). The summed E-state index contributed by atoms with van der Waals surface area (Å²) in [4.78, 5) is 37.6. The van der Waals surface area contributed by atoms with Gasteiger partial charge in [0.15, 0.2) is 5.34 Å². The van der Waals surface area contributed by atoms with Crippen molar-refractivity contribution in [1.82, 2.24) is 0 Å². The molecule has 10 nitrogen and oxygen atoms in total. The van der Waals surface area contributed by atoms with Gasteiger partial charge in [-0.05, 0) is 37.9 Å². The van der Waals surface area contributed by atoms with Gasteiger partial charge in [0.2, 0.25) is 0 Å². The lowest BCUT2D eigenvalue weighted by Crippen LogP contribution is -1.96. The largest absolute Gasteiger partial charge is 0.481 e. The molecule has 0 fully saturated rings. The van der Waals surface area contributed by atoms with E-state index in [4.69, 9.17) is 20.3 Å². The van der Waals surface area contributed by atoms with Gasteiger partial charge in [0.05, 0.1) is 6.61 Å². The number of nitrogens with zero attached hydrogens (tertiary/aromatic N) is 1. The lowest BCUT2D eigenvalue weighted by molar-refractivity contribution is -0.138. The normalized spacial score (nSPS) is 7.79. The number of carbonyl (C=O) groups excluding carboxylic acids is 1. The Morgan fingerprint density at radius 2 is 1.15 bits per heavy atom. The van der Waals surface area contributed by atoms with Crippen LogP contribution in [0.5, 0.6) is 0 Å². The molecule has 0 unspecified atom stereocenters. The molecule has 10 heteroatoms. The van der Waals surface area contributed by atoms with Gasteiger partial charge in [0, 0.05) is 12.8 Å². The van der Waals surface area contributed by atoms with E-state index in [1.807, 2.05) is 74.5 Å². The Bertz CT molecular complexity index is 645. The minimum atomic E-state index is -0.742. The van der Waals surface area contributed by atoms with Crippen LogP contribution < -0.4 is 5.73 Å². The van der Waals surface area contributed by atoms with Crippen molar-refractivity contribution in [2.75, 3.05) is 13.7 Å². The molecule has 0 bridgehead atoms. The fourth-order valence-electron chi connectivity index (χ4n) is 1.86. The number of carboxylic acid groups (broad SMARTS) is 2. The van der Waals surface area contributed by atoms with E-state index in [1.165, 1.54) is 12.4 Å². The Balaban J connectivity index is -0.000000183. The Morgan fingerprint density at radius 3 is 1.32 bits per heavy atom. The molecule has 0 radical (unpaired) electrons. The highest BCUT2D eigenvalue weighted by Gasteiger charge is 1.97. The second-order valence-electron chi connectivity index (χ2n) is 5.39. The second-order valence-corrected chi connectivity index (χ2v) is 5.39. The fourth-order valence-corrected chi connectivity index (χ4v) is 1.86. The number of hydrogen-bond donors (Lipinski definition) is 4. The van der Waals surface area contributed by atoms with Crippen LogP contribution in [0, 0.1) is 4.91 Å². The first kappa shape index (κ1) is 37.5. The van der Waals surface area contributed by atoms with E-state index in [1.54, 1.807) is 6.92 Å². The third-order valence-electron chi connectivity index (χ3n) is 3.18. The number of aryl methyl sites for hydroxylation is 2. The van der Waals surface area contributed by atoms with Crippen LogP contribution in [-0.2, 0) is 32.0 Å². The van der Waals surface area contributed by atoms with Crippen molar-refractivity contribution in [3.63, 3.8) is 0 Å². The van der Waals surface area contributed by atoms with E-state index < -0.39 is 11.9 Å². The number of nitrogens with two attached hydrogens (primary N) is 1. The van der Waals surface area contributed by atoms with Gasteiger partial charge in [0.1, 0.15) is 0 Å². The average molecular weight is 483 g/mol. The van der Waals surface area contributed by atoms with E-state index in [0.29, 0.717) is 25.9 Å². The maximum atomic E-state index is 10.2. The smallest absolute Gasteiger partial charge is 0.303 e. The van der Waals surface area contributed by atoms with Crippen molar-refractivity contribution in [3.8, 4) is 0 Å². The highest BCUT2D eigenvalue weighted by Crippen LogP contribution is 2.02. The molecule has 192 valence electrons. The lowest BCUT2D eigenvalue weighted by Gasteiger charge is -1.95. The van der Waals surface area contributed by atoms with Crippen LogP contribution in [0.4, 0.5) is 0 Å². The van der Waals surface area contributed by atoms with Crippen LogP contribution in [0.1, 0.15) is 44.7 Å². The number of carbonyl (C=O) groups is 3. The standard InChI is InChI=1S/2C9H10O2.C3H6O2.C2H6.CH5N.HNO2/c2*10-9(11)7-6-8-4-2-1-3-5-8;1-2-5-3-4;2*1-2;2-1-3/h2*1-5H,6-7H2,(H,10,11);3H,2H2,1H3;1-2H3;2H2,1H3;(H,2,3). The van der Waals surface area contributed by atoms with Crippen LogP contribution in [0.25, 0.3) is 0 Å². The summed E-state index contributed by atoms with van der Waals surface area (Å²) in [6, 6.07) is 19.2. The summed E-state index contributed by atoms with van der Waals surface area (Å²) in [5, 5.41) is 24.6. The van der Waals surface area contributed by atoms with Gasteiger partial charge in [-0.3, -0.25) is 14.4 Å². The summed E-state index contributed by atoms with van der Waals surface area (Å²) in [6.07, 6.45) is 1.67. The van der Waals surface area contributed by atoms with E-state index >= 15 is 0 Å². The summed E-state index contributed by atoms with van der Waals surface area (Å²) >= 11 is 0. The van der Waals surface area contributed by atoms with Crippen LogP contribution in [0.2, 0.25) is 0 Å². The van der Waals surface area contributed by atoms with E-state index in [2.05, 4.69) is 10.5 Å². The number of benzene rings is 2. The number of aliphatic carboxylic acids is 2.